The van der Waals surface area contributed by atoms with Gasteiger partial charge in [-0.1, -0.05) is 6.92 Å². The van der Waals surface area contributed by atoms with Crippen LogP contribution in [0, 0.1) is 5.92 Å². The van der Waals surface area contributed by atoms with Gasteiger partial charge in [-0.25, -0.2) is 9.97 Å². The molecule has 0 bridgehead atoms. The fourth-order valence-corrected chi connectivity index (χ4v) is 2.71. The van der Waals surface area contributed by atoms with Gasteiger partial charge in [-0.2, -0.15) is 0 Å². The van der Waals surface area contributed by atoms with Gasteiger partial charge in [-0.3, -0.25) is 0 Å². The van der Waals surface area contributed by atoms with E-state index < -0.39 is 0 Å². The summed E-state index contributed by atoms with van der Waals surface area (Å²) in [6.45, 7) is 9.80. The summed E-state index contributed by atoms with van der Waals surface area (Å²) in [5.74, 6) is 1.72. The van der Waals surface area contributed by atoms with Gasteiger partial charge in [-0.15, -0.1) is 0 Å². The van der Waals surface area contributed by atoms with E-state index in [0.717, 1.165) is 36.5 Å². The molecule has 3 heterocycles. The lowest BCUT2D eigenvalue weighted by atomic mass is 9.79. The van der Waals surface area contributed by atoms with Crippen molar-refractivity contribution in [2.75, 3.05) is 24.5 Å². The normalized spacial score (nSPS) is 26.4. The quantitative estimate of drug-likeness (QED) is 0.879. The van der Waals surface area contributed by atoms with Gasteiger partial charge in [0.15, 0.2) is 0 Å². The van der Waals surface area contributed by atoms with Gasteiger partial charge in [-0.05, 0) is 25.8 Å². The van der Waals surface area contributed by atoms with Crippen LogP contribution in [-0.4, -0.2) is 40.1 Å². The van der Waals surface area contributed by atoms with Crippen LogP contribution in [0.3, 0.4) is 0 Å². The molecule has 5 nitrogen and oxygen atoms in total. The van der Waals surface area contributed by atoms with E-state index in [4.69, 9.17) is 0 Å². The van der Waals surface area contributed by atoms with Crippen molar-refractivity contribution in [3.63, 3.8) is 0 Å². The highest BCUT2D eigenvalue weighted by Crippen LogP contribution is 2.29. The van der Waals surface area contributed by atoms with Crippen molar-refractivity contribution in [3.8, 4) is 0 Å². The minimum atomic E-state index is 0.184. The van der Waals surface area contributed by atoms with Crippen LogP contribution in [-0.2, 0) is 0 Å². The summed E-state index contributed by atoms with van der Waals surface area (Å²) in [4.78, 5) is 14.2. The van der Waals surface area contributed by atoms with Crippen molar-refractivity contribution in [1.82, 2.24) is 20.3 Å². The van der Waals surface area contributed by atoms with E-state index in [1.807, 2.05) is 12.3 Å². The number of nitrogens with one attached hydrogen (secondary N) is 2. The van der Waals surface area contributed by atoms with Crippen LogP contribution in [0.5, 0.6) is 0 Å². The molecule has 0 aliphatic carbocycles. The monoisotopic (exact) mass is 259 g/mol. The average Bonchev–Trinajstić information content (AvgIpc) is 2.91. The second-order valence-corrected chi connectivity index (χ2v) is 5.65. The summed E-state index contributed by atoms with van der Waals surface area (Å²) in [5, 5.41) is 4.65. The molecule has 5 heteroatoms. The van der Waals surface area contributed by atoms with Crippen LogP contribution in [0.15, 0.2) is 18.6 Å². The minimum absolute atomic E-state index is 0.184. The molecule has 1 saturated heterocycles. The zero-order chi connectivity index (χ0) is 13.5. The summed E-state index contributed by atoms with van der Waals surface area (Å²) in [6.07, 6.45) is 3.55. The maximum absolute atomic E-state index is 4.48. The number of rotatable bonds is 4. The summed E-state index contributed by atoms with van der Waals surface area (Å²) in [5.41, 5.74) is 1.09. The Kier molecular flexibility index (Phi) is 2.93. The van der Waals surface area contributed by atoms with Crippen molar-refractivity contribution >= 4 is 16.9 Å². The van der Waals surface area contributed by atoms with Crippen molar-refractivity contribution < 1.29 is 0 Å². The first-order valence-corrected chi connectivity index (χ1v) is 6.92. The second-order valence-electron chi connectivity index (χ2n) is 5.65. The smallest absolute Gasteiger partial charge is 0.142 e. The lowest BCUT2D eigenvalue weighted by Crippen LogP contribution is -2.67. The molecule has 0 radical (unpaired) electrons. The first-order valence-electron chi connectivity index (χ1n) is 6.92. The molecule has 2 aromatic rings. The molecule has 3 rings (SSSR count). The molecule has 0 unspecified atom stereocenters. The van der Waals surface area contributed by atoms with Gasteiger partial charge < -0.3 is 15.2 Å². The Morgan fingerprint density at radius 2 is 2.32 bits per heavy atom. The molecule has 0 spiro atoms. The number of hydrogen-bond donors (Lipinski definition) is 2. The molecule has 19 heavy (non-hydrogen) atoms. The number of aromatic amines is 1. The van der Waals surface area contributed by atoms with E-state index in [-0.39, 0.29) is 5.54 Å². The molecule has 0 aromatic carbocycles. The van der Waals surface area contributed by atoms with Gasteiger partial charge in [0, 0.05) is 31.4 Å². The maximum Gasteiger partial charge on any atom is 0.142 e. The zero-order valence-electron chi connectivity index (χ0n) is 11.8. The van der Waals surface area contributed by atoms with E-state index in [9.17, 15) is 0 Å². The third kappa shape index (κ3) is 1.98. The van der Waals surface area contributed by atoms with E-state index in [1.165, 1.54) is 0 Å². The average molecular weight is 259 g/mol. The summed E-state index contributed by atoms with van der Waals surface area (Å²) in [7, 11) is 0. The van der Waals surface area contributed by atoms with Gasteiger partial charge in [0.05, 0.1) is 5.39 Å². The number of nitrogens with zero attached hydrogens (tertiary/aromatic N) is 3. The lowest BCUT2D eigenvalue weighted by molar-refractivity contribution is 0.141. The largest absolute Gasteiger partial charge is 0.354 e. The number of likely N-dealkylation sites (N-methyl/N-ethyl adjacent to an activating group) is 1. The number of hydrogen-bond acceptors (Lipinski definition) is 4. The highest BCUT2D eigenvalue weighted by Gasteiger charge is 2.40. The van der Waals surface area contributed by atoms with Crippen LogP contribution in [0.25, 0.3) is 11.0 Å². The molecule has 2 aromatic heterocycles. The number of H-pyrrole nitrogens is 1. The fourth-order valence-electron chi connectivity index (χ4n) is 2.71. The topological polar surface area (TPSA) is 56.8 Å². The van der Waals surface area contributed by atoms with E-state index >= 15 is 0 Å². The van der Waals surface area contributed by atoms with Gasteiger partial charge in [0.25, 0.3) is 0 Å². The van der Waals surface area contributed by atoms with Gasteiger partial charge >= 0.3 is 0 Å². The van der Waals surface area contributed by atoms with Crippen LogP contribution in [0.4, 0.5) is 5.82 Å². The molecule has 1 fully saturated rings. The van der Waals surface area contributed by atoms with E-state index in [2.05, 4.69) is 45.9 Å². The van der Waals surface area contributed by atoms with Crippen LogP contribution in [0.1, 0.15) is 20.8 Å². The Labute approximate surface area is 113 Å². The Morgan fingerprint density at radius 3 is 2.95 bits per heavy atom. The highest BCUT2D eigenvalue weighted by atomic mass is 15.2. The van der Waals surface area contributed by atoms with Crippen molar-refractivity contribution in [3.05, 3.63) is 18.6 Å². The van der Waals surface area contributed by atoms with E-state index in [1.54, 1.807) is 6.33 Å². The Balaban J connectivity index is 1.92. The van der Waals surface area contributed by atoms with Crippen LogP contribution >= 0.6 is 0 Å². The number of aromatic nitrogens is 3. The van der Waals surface area contributed by atoms with Crippen molar-refractivity contribution in [2.24, 2.45) is 5.92 Å². The second kappa shape index (κ2) is 4.49. The molecular weight excluding hydrogens is 238 g/mol. The summed E-state index contributed by atoms with van der Waals surface area (Å²) < 4.78 is 0. The Bertz CT molecular complexity index is 578. The fraction of sp³-hybridized carbons (Fsp3) is 0.571. The predicted octanol–water partition coefficient (Wildman–Crippen LogP) is 1.78. The molecule has 1 aliphatic heterocycles. The number of fused-ring (bicyclic) bond motifs is 1. The van der Waals surface area contributed by atoms with Crippen molar-refractivity contribution in [1.29, 1.82) is 0 Å². The third-order valence-electron chi connectivity index (χ3n) is 4.43. The van der Waals surface area contributed by atoms with Gasteiger partial charge in [0.2, 0.25) is 0 Å². The molecule has 2 N–H and O–H groups in total. The number of anilines is 1. The Hall–Kier alpha value is -1.62. The van der Waals surface area contributed by atoms with Crippen molar-refractivity contribution in [2.45, 2.75) is 26.3 Å². The van der Waals surface area contributed by atoms with E-state index in [0.29, 0.717) is 5.92 Å². The Morgan fingerprint density at radius 1 is 1.47 bits per heavy atom. The molecule has 2 atom stereocenters. The summed E-state index contributed by atoms with van der Waals surface area (Å²) in [6, 6.07) is 2.05. The minimum Gasteiger partial charge on any atom is -0.354 e. The molecular formula is C14H21N5. The predicted molar refractivity (Wildman–Crippen MR) is 77.3 cm³/mol. The van der Waals surface area contributed by atoms with Crippen LogP contribution in [0.2, 0.25) is 0 Å². The summed E-state index contributed by atoms with van der Waals surface area (Å²) >= 11 is 0. The molecule has 1 aliphatic rings. The highest BCUT2D eigenvalue weighted by molar-refractivity contribution is 5.87. The molecule has 102 valence electrons. The zero-order valence-corrected chi connectivity index (χ0v) is 11.8. The molecule has 0 saturated carbocycles. The van der Waals surface area contributed by atoms with Gasteiger partial charge in [0.1, 0.15) is 17.8 Å². The first-order chi connectivity index (χ1) is 9.14. The third-order valence-corrected chi connectivity index (χ3v) is 4.43. The first kappa shape index (κ1) is 12.4. The van der Waals surface area contributed by atoms with Crippen LogP contribution < -0.4 is 10.2 Å². The standard InChI is InChI=1S/C14H21N5/c1-4-19(8-14(3)10(2)7-18-14)13-11-5-6-15-12(11)16-9-17-13/h5-6,9-10,18H,4,7-8H2,1-3H3,(H,15,16,17)/t10-,14-/m0/s1. The lowest BCUT2D eigenvalue weighted by Gasteiger charge is -2.49. The SMILES string of the molecule is CCN(C[C@]1(C)NC[C@@H]1C)c1ncnc2[nH]ccc12. The maximum atomic E-state index is 4.48. The molecule has 0 amide bonds.